The lowest BCUT2D eigenvalue weighted by molar-refractivity contribution is -0.0675. The van der Waals surface area contributed by atoms with Crippen molar-refractivity contribution in [3.8, 4) is 45.0 Å². The molecule has 0 amide bonds. The van der Waals surface area contributed by atoms with Crippen molar-refractivity contribution in [1.29, 1.82) is 0 Å². The van der Waals surface area contributed by atoms with Crippen LogP contribution in [0.15, 0.2) is 153 Å². The molecule has 19 rings (SSSR count). The van der Waals surface area contributed by atoms with Crippen LogP contribution < -0.4 is 52.3 Å². The molecule has 4 aromatic carbocycles. The summed E-state index contributed by atoms with van der Waals surface area (Å²) in [5.41, 5.74) is 27.5. The van der Waals surface area contributed by atoms with E-state index in [-0.39, 0.29) is 12.2 Å². The van der Waals surface area contributed by atoms with Gasteiger partial charge in [-0.1, -0.05) is 103 Å². The summed E-state index contributed by atoms with van der Waals surface area (Å²) in [7, 11) is 8.53. The van der Waals surface area contributed by atoms with Crippen LogP contribution in [0, 0.1) is 34.6 Å². The standard InChI is InChI=1S/C26H29ClN6OS.C26H31N7S.C25H30N6S.C24H26ClN7S/c1-15-13-33(14-16(2)34-15)7-6-18-8-22(17(3)28-11-18)31-26-29-12-19-9-24(35)30-23-10-20(27)4-5-21(23)25(19)32-26;1-16-7-8-20-22(12-16)29-24(34)13-18-14-27-26(31-25(18)20)30-21-9-10-23(28-17(21)2)33-11-5-6-19(15-33)32(3)4;1-16-8-9-20-22(11-16)28-23(32)13-19-15-27-25(30-24(19)20)29-21-12-18(14-26-17(21)2)7-5-6-10-31(3)4;1-3-31-6-7-32(14-15(31)2)19-10-18(12-26-13-19)28-24-27-11-16-8-22(33)29-21-9-17(25)4-5-20(21)23(16)30-24/h4-5,8,10-12,15-16H,6-7,9,13-14H2,1-3H3,(H,30,35)(H,29,31,32);7-10,12,14,19H,5-6,11,13,15H2,1-4H3,(H,29,34)(H,27,30,31);8-9,11-12,14-15H,5-7,10,13H2,1-4H3,(H,28,32)(H,27,29,30);4-5,9-13,15H,3,6-8,14H2,1-2H3,(H,29,33)(H,27,28,30)/t15-,16-;;;15-/m1..0/s1. The van der Waals surface area contributed by atoms with Crippen LogP contribution in [0.3, 0.4) is 0 Å². The summed E-state index contributed by atoms with van der Waals surface area (Å²) in [5, 5.41) is 28.1. The van der Waals surface area contributed by atoms with Crippen LogP contribution in [-0.4, -0.2) is 217 Å². The molecule has 4 atom stereocenters. The van der Waals surface area contributed by atoms with Gasteiger partial charge in [0.25, 0.3) is 0 Å². The Kier molecular flexibility index (Phi) is 31.0. The minimum absolute atomic E-state index is 0.267. The van der Waals surface area contributed by atoms with Gasteiger partial charge in [0, 0.05) is 205 Å². The van der Waals surface area contributed by atoms with Gasteiger partial charge in [0.2, 0.25) is 23.8 Å². The van der Waals surface area contributed by atoms with Crippen molar-refractivity contribution in [3.63, 3.8) is 0 Å². The molecule has 3 fully saturated rings. The Bertz CT molecular complexity index is 6350. The van der Waals surface area contributed by atoms with E-state index in [1.165, 1.54) is 41.5 Å². The van der Waals surface area contributed by atoms with Crippen molar-refractivity contribution in [2.45, 2.75) is 151 Å². The number of aromatic nitrogens is 12. The van der Waals surface area contributed by atoms with E-state index in [2.05, 4.69) is 243 Å². The molecule has 1 unspecified atom stereocenters. The molecule has 12 aromatic rings. The second-order valence-electron chi connectivity index (χ2n) is 36.0. The topological polar surface area (TPSA) is 280 Å². The van der Waals surface area contributed by atoms with Crippen LogP contribution in [0.1, 0.15) is 115 Å². The van der Waals surface area contributed by atoms with Crippen molar-refractivity contribution in [2.75, 3.05) is 146 Å². The Morgan fingerprint density at radius 1 is 0.455 bits per heavy atom. The number of unbranched alkanes of at least 4 members (excludes halogenated alkanes) is 1. The molecule has 27 nitrogen and oxygen atoms in total. The van der Waals surface area contributed by atoms with Crippen molar-refractivity contribution in [1.82, 2.24) is 79.4 Å². The van der Waals surface area contributed by atoms with Crippen LogP contribution in [0.5, 0.6) is 0 Å². The highest BCUT2D eigenvalue weighted by Crippen LogP contribution is 2.41. The molecule has 0 bridgehead atoms. The van der Waals surface area contributed by atoms with Gasteiger partial charge < -0.3 is 66.9 Å². The Morgan fingerprint density at radius 2 is 0.925 bits per heavy atom. The number of halogens is 2. The number of nitrogens with zero attached hydrogens (tertiary/aromatic N) is 18. The number of likely N-dealkylation sites (N-methyl/N-ethyl adjacent to an activating group) is 2. The summed E-state index contributed by atoms with van der Waals surface area (Å²) in [4.78, 5) is 73.6. The fourth-order valence-corrected chi connectivity index (χ4v) is 19.3. The minimum atomic E-state index is 0.267. The van der Waals surface area contributed by atoms with Gasteiger partial charge in [0.1, 0.15) is 5.82 Å². The van der Waals surface area contributed by atoms with Gasteiger partial charge in [-0.15, -0.1) is 0 Å². The zero-order valence-corrected chi connectivity index (χ0v) is 83.0. The van der Waals surface area contributed by atoms with E-state index in [4.69, 9.17) is 102 Å². The quantitative estimate of drug-likeness (QED) is 0.0260. The number of rotatable bonds is 20. The molecule has 8 N–H and O–H groups in total. The summed E-state index contributed by atoms with van der Waals surface area (Å²) in [6.07, 6.45) is 24.7. The lowest BCUT2D eigenvalue weighted by Crippen LogP contribution is -2.51. The van der Waals surface area contributed by atoms with Crippen LogP contribution in [-0.2, 0) is 43.3 Å². The summed E-state index contributed by atoms with van der Waals surface area (Å²) in [6, 6.07) is 35.7. The van der Waals surface area contributed by atoms with Crippen LogP contribution in [0.2, 0.25) is 10.0 Å². The molecule has 134 heavy (non-hydrogen) atoms. The molecule has 15 heterocycles. The third-order valence-corrected chi connectivity index (χ3v) is 26.3. The predicted octanol–water partition coefficient (Wildman–Crippen LogP) is 19.8. The molecular weight excluding hydrogens is 1790 g/mol. The normalized spacial score (nSPS) is 17.2. The average molecular weight is 1910 g/mol. The molecule has 3 saturated heterocycles. The van der Waals surface area contributed by atoms with E-state index >= 15 is 0 Å². The van der Waals surface area contributed by atoms with Gasteiger partial charge in [-0.2, -0.15) is 0 Å². The van der Waals surface area contributed by atoms with Crippen LogP contribution in [0.4, 0.5) is 80.8 Å². The van der Waals surface area contributed by atoms with Gasteiger partial charge >= 0.3 is 0 Å². The van der Waals surface area contributed by atoms with Crippen LogP contribution in [0.25, 0.3) is 45.0 Å². The number of hydrogen-bond acceptors (Lipinski definition) is 27. The first-order chi connectivity index (χ1) is 64.6. The number of piperazine rings is 1. The van der Waals surface area contributed by atoms with Crippen molar-refractivity contribution in [2.24, 2.45) is 0 Å². The van der Waals surface area contributed by atoms with E-state index < -0.39 is 0 Å². The SMILES string of the molecule is CCN1CCN(c2cncc(Nc3ncc4c(n3)-c3ccc(Cl)cc3NC(=S)C4)c2)C[C@@H]1C.Cc1ccc2c(c1)NC(=S)Cc1cnc(Nc3cc(CCCCN(C)C)cnc3C)nc1-2.Cc1ccc2c(c1)NC(=S)Cc1cnc(Nc3ccc(N4CCCC(N(C)C)C4)nc3C)nc1-2.Cc1ncc(CCN2C[C@@H](C)O[C@H](C)C2)cc1Nc1ncc2c(n1)-c1ccc(Cl)cc1NC(=S)C2. The summed E-state index contributed by atoms with van der Waals surface area (Å²) >= 11 is 34.5. The molecule has 7 aliphatic rings. The van der Waals surface area contributed by atoms with Gasteiger partial charge in [-0.25, -0.2) is 44.9 Å². The second kappa shape index (κ2) is 43.5. The molecule has 0 spiro atoms. The van der Waals surface area contributed by atoms with Gasteiger partial charge in [-0.05, 0) is 236 Å². The summed E-state index contributed by atoms with van der Waals surface area (Å²) in [5.74, 6) is 3.20. The molecule has 0 saturated carbocycles. The molecule has 7 aliphatic heterocycles. The third kappa shape index (κ3) is 24.2. The largest absolute Gasteiger partial charge is 0.373 e. The number of anilines is 14. The molecule has 694 valence electrons. The second-order valence-corrected chi connectivity index (χ2v) is 38.8. The van der Waals surface area contributed by atoms with Gasteiger partial charge in [0.05, 0.1) is 113 Å². The lowest BCUT2D eigenvalue weighted by atomic mass is 10.0. The summed E-state index contributed by atoms with van der Waals surface area (Å²) < 4.78 is 5.86. The molecule has 8 aromatic heterocycles. The zero-order valence-electron chi connectivity index (χ0n) is 78.2. The number of fused-ring (bicyclic) bond motifs is 12. The predicted molar refractivity (Wildman–Crippen MR) is 563 cm³/mol. The lowest BCUT2D eigenvalue weighted by Gasteiger charge is -2.40. The molecule has 0 radical (unpaired) electrons. The Hall–Kier alpha value is -11.5. The number of morpholine rings is 1. The van der Waals surface area contributed by atoms with E-state index in [1.807, 2.05) is 101 Å². The highest BCUT2D eigenvalue weighted by Gasteiger charge is 2.30. The molecule has 33 heteroatoms. The van der Waals surface area contributed by atoms with E-state index in [9.17, 15) is 0 Å². The fraction of sp³-hybridized carbons (Fsp3) is 0.366. The molecule has 0 aliphatic carbocycles. The first kappa shape index (κ1) is 95.7. The fourth-order valence-electron chi connectivity index (χ4n) is 17.9. The van der Waals surface area contributed by atoms with E-state index in [1.54, 1.807) is 6.20 Å². The first-order valence-electron chi connectivity index (χ1n) is 45.9. The highest BCUT2D eigenvalue weighted by atomic mass is 35.5. The number of piperidine rings is 1. The van der Waals surface area contributed by atoms with Gasteiger partial charge in [0.15, 0.2) is 0 Å². The number of nitrogens with one attached hydrogen (secondary N) is 8. The first-order valence-corrected chi connectivity index (χ1v) is 48.3. The maximum Gasteiger partial charge on any atom is 0.227 e. The van der Waals surface area contributed by atoms with Crippen molar-refractivity contribution < 1.29 is 4.74 Å². The smallest absolute Gasteiger partial charge is 0.227 e. The number of aryl methyl sites for hydroxylation is 6. The number of pyridine rings is 4. The highest BCUT2D eigenvalue weighted by molar-refractivity contribution is 7.81. The third-order valence-electron chi connectivity index (χ3n) is 24.9. The van der Waals surface area contributed by atoms with Gasteiger partial charge in [-0.3, -0.25) is 24.8 Å². The maximum atomic E-state index is 6.22. The number of thiocarbonyl (C=S) groups is 4. The summed E-state index contributed by atoms with van der Waals surface area (Å²) in [6.45, 7) is 29.1. The number of hydrogen-bond donors (Lipinski definition) is 8. The maximum absolute atomic E-state index is 6.22. The Labute approximate surface area is 817 Å². The molecular formula is C101H116Cl2N26OS4. The number of benzene rings is 4. The van der Waals surface area contributed by atoms with Crippen molar-refractivity contribution >= 4 is 173 Å². The monoisotopic (exact) mass is 1910 g/mol. The van der Waals surface area contributed by atoms with E-state index in [0.717, 1.165) is 241 Å². The number of ether oxygens (including phenoxy) is 1. The Balaban J connectivity index is 0.000000130. The zero-order chi connectivity index (χ0) is 94.0. The Morgan fingerprint density at radius 3 is 1.40 bits per heavy atom. The van der Waals surface area contributed by atoms with Crippen molar-refractivity contribution in [3.05, 3.63) is 224 Å². The van der Waals surface area contributed by atoms with Crippen LogP contribution >= 0.6 is 72.1 Å². The minimum Gasteiger partial charge on any atom is -0.373 e. The average Bonchev–Trinajstić information content (AvgIpc) is 1.65. The van der Waals surface area contributed by atoms with E-state index in [0.29, 0.717) is 76.6 Å².